The molecule has 0 aromatic carbocycles. The summed E-state index contributed by atoms with van der Waals surface area (Å²) in [7, 11) is 0. The summed E-state index contributed by atoms with van der Waals surface area (Å²) in [4.78, 5) is 17.2. The summed E-state index contributed by atoms with van der Waals surface area (Å²) in [5, 5.41) is 12.3. The van der Waals surface area contributed by atoms with Crippen molar-refractivity contribution >= 4 is 11.7 Å². The van der Waals surface area contributed by atoms with Gasteiger partial charge in [-0.3, -0.25) is 4.79 Å². The molecule has 1 heterocycles. The lowest BCUT2D eigenvalue weighted by molar-refractivity contribution is -0.123. The van der Waals surface area contributed by atoms with Crippen molar-refractivity contribution in [3.63, 3.8) is 0 Å². The monoisotopic (exact) mass is 337 g/mol. The summed E-state index contributed by atoms with van der Waals surface area (Å²) in [6.45, 7) is 5.62. The minimum atomic E-state index is -0.509. The highest BCUT2D eigenvalue weighted by molar-refractivity contribution is 5.94. The normalized spacial score (nSPS) is 33.1. The Balaban J connectivity index is 1.69. The number of rotatable bonds is 2. The van der Waals surface area contributed by atoms with E-state index in [1.54, 1.807) is 0 Å². The van der Waals surface area contributed by atoms with E-state index >= 15 is 0 Å². The second-order valence-corrected chi connectivity index (χ2v) is 9.61. The summed E-state index contributed by atoms with van der Waals surface area (Å²) in [5.41, 5.74) is 1.20. The minimum absolute atomic E-state index is 0.0980. The van der Waals surface area contributed by atoms with Crippen LogP contribution >= 0.6 is 0 Å². The Morgan fingerprint density at radius 1 is 1.16 bits per heavy atom. The van der Waals surface area contributed by atoms with Crippen LogP contribution < -0.4 is 5.32 Å². The fourth-order valence-corrected chi connectivity index (χ4v) is 5.66. The Morgan fingerprint density at radius 2 is 1.72 bits per heavy atom. The van der Waals surface area contributed by atoms with Crippen LogP contribution in [-0.2, 0) is 10.2 Å². The lowest BCUT2D eigenvalue weighted by Gasteiger charge is -2.56. The van der Waals surface area contributed by atoms with Crippen LogP contribution in [0.1, 0.15) is 70.6 Å². The van der Waals surface area contributed by atoms with Crippen LogP contribution in [0.5, 0.6) is 0 Å². The van der Waals surface area contributed by atoms with Crippen molar-refractivity contribution in [2.75, 3.05) is 5.32 Å². The summed E-state index contributed by atoms with van der Waals surface area (Å²) >= 11 is 0. The van der Waals surface area contributed by atoms with E-state index in [1.807, 2.05) is 32.9 Å². The van der Waals surface area contributed by atoms with Gasteiger partial charge < -0.3 is 5.32 Å². The molecule has 1 aromatic rings. The van der Waals surface area contributed by atoms with Gasteiger partial charge in [0.1, 0.15) is 6.07 Å². The van der Waals surface area contributed by atoms with Gasteiger partial charge in [-0.1, -0.05) is 20.8 Å². The maximum absolute atomic E-state index is 12.4. The highest BCUT2D eigenvalue weighted by atomic mass is 16.2. The number of carbonyl (C=O) groups excluding carboxylic acids is 1. The van der Waals surface area contributed by atoms with Gasteiger partial charge in [-0.2, -0.15) is 5.26 Å². The molecule has 0 saturated heterocycles. The first-order valence-corrected chi connectivity index (χ1v) is 9.52. The van der Waals surface area contributed by atoms with Crippen LogP contribution in [0.25, 0.3) is 0 Å². The Labute approximate surface area is 150 Å². The highest BCUT2D eigenvalue weighted by Crippen LogP contribution is 2.60. The van der Waals surface area contributed by atoms with Crippen LogP contribution in [0.15, 0.2) is 12.1 Å². The first kappa shape index (κ1) is 16.6. The average Bonchev–Trinajstić information content (AvgIpc) is 2.52. The molecule has 4 saturated carbocycles. The van der Waals surface area contributed by atoms with E-state index in [0.717, 1.165) is 23.4 Å². The fraction of sp³-hybridized carbons (Fsp3) is 0.667. The van der Waals surface area contributed by atoms with Crippen molar-refractivity contribution in [2.45, 2.75) is 64.7 Å². The van der Waals surface area contributed by atoms with Gasteiger partial charge in [0.05, 0.1) is 5.56 Å². The molecule has 4 nitrogen and oxygen atoms in total. The molecule has 25 heavy (non-hydrogen) atoms. The van der Waals surface area contributed by atoms with Crippen LogP contribution in [-0.4, -0.2) is 10.9 Å². The molecule has 4 aliphatic carbocycles. The number of pyridine rings is 1. The number of nitrogens with zero attached hydrogens (tertiary/aromatic N) is 2. The summed E-state index contributed by atoms with van der Waals surface area (Å²) in [6, 6.07) is 6.06. The summed E-state index contributed by atoms with van der Waals surface area (Å²) < 4.78 is 0. The Hall–Kier alpha value is -1.89. The Kier molecular flexibility index (Phi) is 3.68. The predicted octanol–water partition coefficient (Wildman–Crippen LogP) is 4.41. The number of hydrogen-bond acceptors (Lipinski definition) is 3. The predicted molar refractivity (Wildman–Crippen MR) is 96.9 cm³/mol. The van der Waals surface area contributed by atoms with Crippen molar-refractivity contribution in [3.8, 4) is 6.07 Å². The minimum Gasteiger partial charge on any atom is -0.309 e. The zero-order valence-electron chi connectivity index (χ0n) is 15.4. The van der Waals surface area contributed by atoms with Gasteiger partial charge in [0.2, 0.25) is 5.91 Å². The Bertz CT molecular complexity index is 718. The number of amides is 1. The van der Waals surface area contributed by atoms with Crippen molar-refractivity contribution in [1.29, 1.82) is 5.26 Å². The highest BCUT2D eigenvalue weighted by Gasteiger charge is 2.52. The smallest absolute Gasteiger partial charge is 0.230 e. The number of hydrogen-bond donors (Lipinski definition) is 1. The van der Waals surface area contributed by atoms with Crippen LogP contribution in [0.2, 0.25) is 0 Å². The molecule has 4 bridgehead atoms. The molecule has 0 unspecified atom stereocenters. The maximum Gasteiger partial charge on any atom is 0.230 e. The first-order chi connectivity index (χ1) is 11.8. The van der Waals surface area contributed by atoms with E-state index < -0.39 is 5.41 Å². The number of anilines is 1. The molecule has 4 aliphatic rings. The Morgan fingerprint density at radius 3 is 2.20 bits per heavy atom. The van der Waals surface area contributed by atoms with E-state index in [1.165, 1.54) is 38.5 Å². The number of nitriles is 1. The first-order valence-electron chi connectivity index (χ1n) is 9.52. The van der Waals surface area contributed by atoms with Crippen LogP contribution in [0, 0.1) is 34.5 Å². The van der Waals surface area contributed by atoms with E-state index in [4.69, 9.17) is 4.98 Å². The molecule has 4 fully saturated rings. The number of carbonyl (C=O) groups is 1. The van der Waals surface area contributed by atoms with Crippen LogP contribution in [0.3, 0.4) is 0 Å². The van der Waals surface area contributed by atoms with E-state index in [0.29, 0.717) is 11.4 Å². The van der Waals surface area contributed by atoms with Crippen molar-refractivity contribution in [1.82, 2.24) is 4.98 Å². The van der Waals surface area contributed by atoms with Gasteiger partial charge in [-0.05, 0) is 68.4 Å². The molecule has 5 rings (SSSR count). The number of aromatic nitrogens is 1. The molecule has 4 heteroatoms. The van der Waals surface area contributed by atoms with E-state index in [9.17, 15) is 10.1 Å². The fourth-order valence-electron chi connectivity index (χ4n) is 5.66. The zero-order chi connectivity index (χ0) is 17.8. The van der Waals surface area contributed by atoms with Crippen LogP contribution in [0.4, 0.5) is 5.82 Å². The van der Waals surface area contributed by atoms with Crippen molar-refractivity contribution in [3.05, 3.63) is 23.4 Å². The summed E-state index contributed by atoms with van der Waals surface area (Å²) in [5.74, 6) is 2.87. The molecule has 0 aliphatic heterocycles. The van der Waals surface area contributed by atoms with Crippen molar-refractivity contribution in [2.24, 2.45) is 23.2 Å². The molecule has 1 amide bonds. The second-order valence-electron chi connectivity index (χ2n) is 9.61. The lowest BCUT2D eigenvalue weighted by atomic mass is 9.49. The molecule has 132 valence electrons. The SMILES string of the molecule is CC(C)(C)C(=O)Nc1nc(C23CC4CC(CC(C4)C2)C3)ccc1C#N. The average molecular weight is 337 g/mol. The molecular weight excluding hydrogens is 310 g/mol. The molecule has 1 aromatic heterocycles. The third-order valence-corrected chi connectivity index (χ3v) is 6.51. The number of nitrogens with one attached hydrogen (secondary N) is 1. The van der Waals surface area contributed by atoms with Gasteiger partial charge in [-0.25, -0.2) is 4.98 Å². The van der Waals surface area contributed by atoms with E-state index in [2.05, 4.69) is 11.4 Å². The molecule has 0 spiro atoms. The second kappa shape index (κ2) is 5.56. The molecule has 0 radical (unpaired) electrons. The third kappa shape index (κ3) is 2.84. The van der Waals surface area contributed by atoms with Crippen molar-refractivity contribution < 1.29 is 4.79 Å². The van der Waals surface area contributed by atoms with Gasteiger partial charge >= 0.3 is 0 Å². The lowest BCUT2D eigenvalue weighted by Crippen LogP contribution is -2.49. The van der Waals surface area contributed by atoms with Gasteiger partial charge in [-0.15, -0.1) is 0 Å². The quantitative estimate of drug-likeness (QED) is 0.869. The summed E-state index contributed by atoms with van der Waals surface area (Å²) in [6.07, 6.45) is 7.86. The largest absolute Gasteiger partial charge is 0.309 e. The van der Waals surface area contributed by atoms with Gasteiger partial charge in [0.25, 0.3) is 0 Å². The molecule has 1 N–H and O–H groups in total. The zero-order valence-corrected chi connectivity index (χ0v) is 15.4. The third-order valence-electron chi connectivity index (χ3n) is 6.51. The standard InChI is InChI=1S/C21H27N3O/c1-20(2,3)19(25)24-18-16(12-22)4-5-17(23-18)21-9-13-6-14(10-21)8-15(7-13)11-21/h4-5,13-15H,6-11H2,1-3H3,(H,23,24,25). The molecule has 0 atom stereocenters. The molecular formula is C21H27N3O. The maximum atomic E-state index is 12.4. The topological polar surface area (TPSA) is 65.8 Å². The van der Waals surface area contributed by atoms with Gasteiger partial charge in [0.15, 0.2) is 5.82 Å². The van der Waals surface area contributed by atoms with E-state index in [-0.39, 0.29) is 11.3 Å². The van der Waals surface area contributed by atoms with Gasteiger partial charge in [0, 0.05) is 16.5 Å².